The molecule has 1 rings (SSSR count). The molecule has 1 N–H and O–H groups in total. The van der Waals surface area contributed by atoms with Gasteiger partial charge < -0.3 is 10.1 Å². The number of methoxy groups -OCH3 is 1. The van der Waals surface area contributed by atoms with Crippen LogP contribution in [0.25, 0.3) is 0 Å². The Hall–Kier alpha value is -2.17. The van der Waals surface area contributed by atoms with E-state index in [1.807, 2.05) is 0 Å². The average Bonchev–Trinajstić information content (AvgIpc) is 2.43. The number of benzene rings is 1. The number of hydrogen-bond donors (Lipinski definition) is 1. The van der Waals surface area contributed by atoms with Crippen molar-refractivity contribution in [3.63, 3.8) is 0 Å². The van der Waals surface area contributed by atoms with Gasteiger partial charge in [0.15, 0.2) is 0 Å². The molecule has 5 heteroatoms. The van der Waals surface area contributed by atoms with E-state index in [2.05, 4.69) is 16.6 Å². The van der Waals surface area contributed by atoms with Gasteiger partial charge in [-0.15, -0.1) is 6.58 Å². The largest absolute Gasteiger partial charge is 0.467 e. The third kappa shape index (κ3) is 4.54. The zero-order valence-electron chi connectivity index (χ0n) is 10.7. The third-order valence-electron chi connectivity index (χ3n) is 2.56. The summed E-state index contributed by atoms with van der Waals surface area (Å²) in [5.74, 6) is -1.38. The number of amides is 1. The number of esters is 1. The van der Waals surface area contributed by atoms with Crippen molar-refractivity contribution in [2.75, 3.05) is 7.11 Å². The van der Waals surface area contributed by atoms with Crippen LogP contribution < -0.4 is 5.32 Å². The molecule has 19 heavy (non-hydrogen) atoms. The van der Waals surface area contributed by atoms with Crippen molar-refractivity contribution in [2.45, 2.75) is 18.9 Å². The SMILES string of the molecule is C=CCC[C@@H](NC(=O)c1ccc(F)cc1)C(=O)OC. The van der Waals surface area contributed by atoms with Crippen molar-refractivity contribution in [1.82, 2.24) is 5.32 Å². The van der Waals surface area contributed by atoms with E-state index in [9.17, 15) is 14.0 Å². The van der Waals surface area contributed by atoms with Gasteiger partial charge in [0.2, 0.25) is 0 Å². The molecule has 0 fully saturated rings. The fourth-order valence-electron chi connectivity index (χ4n) is 1.52. The van der Waals surface area contributed by atoms with Crippen LogP contribution in [0, 0.1) is 5.82 Å². The lowest BCUT2D eigenvalue weighted by molar-refractivity contribution is -0.143. The van der Waals surface area contributed by atoms with Crippen LogP contribution in [0.5, 0.6) is 0 Å². The third-order valence-corrected chi connectivity index (χ3v) is 2.56. The average molecular weight is 265 g/mol. The number of allylic oxidation sites excluding steroid dienone is 1. The quantitative estimate of drug-likeness (QED) is 0.632. The van der Waals surface area contributed by atoms with E-state index in [4.69, 9.17) is 0 Å². The summed E-state index contributed by atoms with van der Waals surface area (Å²) in [4.78, 5) is 23.4. The van der Waals surface area contributed by atoms with E-state index >= 15 is 0 Å². The van der Waals surface area contributed by atoms with E-state index in [0.29, 0.717) is 12.8 Å². The molecule has 102 valence electrons. The normalized spacial score (nSPS) is 11.5. The minimum absolute atomic E-state index is 0.286. The highest BCUT2D eigenvalue weighted by molar-refractivity contribution is 5.96. The molecule has 0 radical (unpaired) electrons. The fraction of sp³-hybridized carbons (Fsp3) is 0.286. The monoisotopic (exact) mass is 265 g/mol. The molecule has 0 aliphatic rings. The number of hydrogen-bond acceptors (Lipinski definition) is 3. The number of rotatable bonds is 6. The summed E-state index contributed by atoms with van der Waals surface area (Å²) < 4.78 is 17.4. The Morgan fingerprint density at radius 1 is 1.42 bits per heavy atom. The maximum Gasteiger partial charge on any atom is 0.328 e. The molecule has 4 nitrogen and oxygen atoms in total. The molecule has 1 atom stereocenters. The molecule has 0 bridgehead atoms. The lowest BCUT2D eigenvalue weighted by Gasteiger charge is -2.15. The summed E-state index contributed by atoms with van der Waals surface area (Å²) >= 11 is 0. The second kappa shape index (κ2) is 7.31. The van der Waals surface area contributed by atoms with Crippen LogP contribution in [0.4, 0.5) is 4.39 Å². The molecular weight excluding hydrogens is 249 g/mol. The molecule has 0 aromatic heterocycles. The Labute approximate surface area is 111 Å². The van der Waals surface area contributed by atoms with Gasteiger partial charge in [-0.3, -0.25) is 4.79 Å². The van der Waals surface area contributed by atoms with Crippen molar-refractivity contribution >= 4 is 11.9 Å². The lowest BCUT2D eigenvalue weighted by atomic mass is 10.1. The molecule has 0 heterocycles. The molecule has 0 aliphatic heterocycles. The van der Waals surface area contributed by atoms with Crippen molar-refractivity contribution in [3.05, 3.63) is 48.3 Å². The van der Waals surface area contributed by atoms with Gasteiger partial charge in [0.05, 0.1) is 7.11 Å². The Bertz CT molecular complexity index is 456. The standard InChI is InChI=1S/C14H16FNO3/c1-3-4-5-12(14(18)19-2)16-13(17)10-6-8-11(15)9-7-10/h3,6-9,12H,1,4-5H2,2H3,(H,16,17)/t12-/m1/s1. The highest BCUT2D eigenvalue weighted by Gasteiger charge is 2.21. The molecule has 0 spiro atoms. The van der Waals surface area contributed by atoms with Crippen LogP contribution in [0.1, 0.15) is 23.2 Å². The van der Waals surface area contributed by atoms with Crippen LogP contribution in [0.2, 0.25) is 0 Å². The van der Waals surface area contributed by atoms with Gasteiger partial charge in [-0.2, -0.15) is 0 Å². The first-order chi connectivity index (χ1) is 9.08. The van der Waals surface area contributed by atoms with E-state index in [-0.39, 0.29) is 5.56 Å². The van der Waals surface area contributed by atoms with Crippen molar-refractivity contribution in [1.29, 1.82) is 0 Å². The maximum absolute atomic E-state index is 12.7. The molecule has 1 amide bonds. The van der Waals surface area contributed by atoms with E-state index < -0.39 is 23.7 Å². The first kappa shape index (κ1) is 14.9. The van der Waals surface area contributed by atoms with E-state index in [1.165, 1.54) is 31.4 Å². The molecule has 0 saturated heterocycles. The minimum Gasteiger partial charge on any atom is -0.467 e. The van der Waals surface area contributed by atoms with Crippen LogP contribution in [0.15, 0.2) is 36.9 Å². The molecule has 1 aromatic carbocycles. The zero-order valence-corrected chi connectivity index (χ0v) is 10.7. The number of carbonyl (C=O) groups is 2. The van der Waals surface area contributed by atoms with Gasteiger partial charge in [0, 0.05) is 5.56 Å². The second-order valence-corrected chi connectivity index (χ2v) is 3.92. The van der Waals surface area contributed by atoms with E-state index in [1.54, 1.807) is 6.08 Å². The summed E-state index contributed by atoms with van der Waals surface area (Å²) in [7, 11) is 1.26. The smallest absolute Gasteiger partial charge is 0.328 e. The summed E-state index contributed by atoms with van der Waals surface area (Å²) in [6.07, 6.45) is 2.63. The minimum atomic E-state index is -0.736. The Morgan fingerprint density at radius 2 is 2.05 bits per heavy atom. The predicted octanol–water partition coefficient (Wildman–Crippen LogP) is 2.06. The summed E-state index contributed by atoms with van der Waals surface area (Å²) in [6, 6.07) is 4.34. The highest BCUT2D eigenvalue weighted by atomic mass is 19.1. The number of ether oxygens (including phenoxy) is 1. The summed E-state index contributed by atoms with van der Waals surface area (Å²) in [5, 5.41) is 2.55. The van der Waals surface area contributed by atoms with E-state index in [0.717, 1.165) is 0 Å². The van der Waals surface area contributed by atoms with Gasteiger partial charge in [-0.25, -0.2) is 9.18 Å². The summed E-state index contributed by atoms with van der Waals surface area (Å²) in [6.45, 7) is 3.56. The van der Waals surface area contributed by atoms with Gasteiger partial charge in [0.25, 0.3) is 5.91 Å². The molecular formula is C14H16FNO3. The summed E-state index contributed by atoms with van der Waals surface area (Å²) in [5.41, 5.74) is 0.286. The van der Waals surface area contributed by atoms with Crippen molar-refractivity contribution < 1.29 is 18.7 Å². The van der Waals surface area contributed by atoms with Gasteiger partial charge in [-0.1, -0.05) is 6.08 Å². The fourth-order valence-corrected chi connectivity index (χ4v) is 1.52. The number of halogens is 1. The first-order valence-electron chi connectivity index (χ1n) is 5.83. The molecule has 0 unspecified atom stereocenters. The lowest BCUT2D eigenvalue weighted by Crippen LogP contribution is -2.41. The van der Waals surface area contributed by atoms with Crippen molar-refractivity contribution in [3.8, 4) is 0 Å². The van der Waals surface area contributed by atoms with Crippen molar-refractivity contribution in [2.24, 2.45) is 0 Å². The Morgan fingerprint density at radius 3 is 2.58 bits per heavy atom. The van der Waals surface area contributed by atoms with Gasteiger partial charge >= 0.3 is 5.97 Å². The number of nitrogens with one attached hydrogen (secondary N) is 1. The van der Waals surface area contributed by atoms with Crippen LogP contribution in [0.3, 0.4) is 0 Å². The van der Waals surface area contributed by atoms with Gasteiger partial charge in [-0.05, 0) is 37.1 Å². The first-order valence-corrected chi connectivity index (χ1v) is 5.83. The van der Waals surface area contributed by atoms with Crippen LogP contribution in [-0.4, -0.2) is 25.0 Å². The van der Waals surface area contributed by atoms with Gasteiger partial charge in [0.1, 0.15) is 11.9 Å². The molecule has 0 saturated carbocycles. The Balaban J connectivity index is 2.72. The second-order valence-electron chi connectivity index (χ2n) is 3.92. The molecule has 0 aliphatic carbocycles. The topological polar surface area (TPSA) is 55.4 Å². The predicted molar refractivity (Wildman–Crippen MR) is 69.1 cm³/mol. The Kier molecular flexibility index (Phi) is 5.73. The maximum atomic E-state index is 12.7. The van der Waals surface area contributed by atoms with Crippen LogP contribution in [-0.2, 0) is 9.53 Å². The highest BCUT2D eigenvalue weighted by Crippen LogP contribution is 2.06. The van der Waals surface area contributed by atoms with Crippen LogP contribution >= 0.6 is 0 Å². The number of carbonyl (C=O) groups excluding carboxylic acids is 2. The zero-order chi connectivity index (χ0) is 14.3. The molecule has 1 aromatic rings.